The molecule has 142 valence electrons. The van der Waals surface area contributed by atoms with E-state index >= 15 is 0 Å². The summed E-state index contributed by atoms with van der Waals surface area (Å²) in [6.45, 7) is 2.20. The highest BCUT2D eigenvalue weighted by Gasteiger charge is 2.18. The van der Waals surface area contributed by atoms with E-state index in [1.165, 1.54) is 25.7 Å². The van der Waals surface area contributed by atoms with E-state index in [1.807, 2.05) is 30.5 Å². The Morgan fingerprint density at radius 1 is 1.08 bits per heavy atom. The second kappa shape index (κ2) is 10.8. The summed E-state index contributed by atoms with van der Waals surface area (Å²) in [5.74, 6) is -0.624. The number of nitrogens with two attached hydrogens (primary N) is 1. The molecule has 4 N–H and O–H groups in total. The summed E-state index contributed by atoms with van der Waals surface area (Å²) < 4.78 is 0. The van der Waals surface area contributed by atoms with Crippen LogP contribution < -0.4 is 11.1 Å². The van der Waals surface area contributed by atoms with Crippen LogP contribution in [-0.2, 0) is 16.0 Å². The fourth-order valence-corrected chi connectivity index (χ4v) is 3.17. The zero-order valence-electron chi connectivity index (χ0n) is 15.7. The molecule has 5 nitrogen and oxygen atoms in total. The van der Waals surface area contributed by atoms with Gasteiger partial charge in [-0.15, -0.1) is 0 Å². The van der Waals surface area contributed by atoms with E-state index in [0.29, 0.717) is 12.8 Å². The smallest absolute Gasteiger partial charge is 0.243 e. The van der Waals surface area contributed by atoms with Crippen molar-refractivity contribution in [1.82, 2.24) is 10.3 Å². The Kier molecular flexibility index (Phi) is 8.35. The van der Waals surface area contributed by atoms with Gasteiger partial charge in [-0.2, -0.15) is 0 Å². The maximum absolute atomic E-state index is 12.2. The Labute approximate surface area is 155 Å². The first-order valence-electron chi connectivity index (χ1n) is 9.76. The summed E-state index contributed by atoms with van der Waals surface area (Å²) in [5.41, 5.74) is 8.00. The van der Waals surface area contributed by atoms with Crippen LogP contribution >= 0.6 is 0 Å². The number of para-hydroxylation sites is 1. The molecule has 26 heavy (non-hydrogen) atoms. The van der Waals surface area contributed by atoms with Crippen molar-refractivity contribution in [2.75, 3.05) is 0 Å². The Balaban J connectivity index is 1.69. The van der Waals surface area contributed by atoms with Crippen LogP contribution in [0, 0.1) is 0 Å². The predicted molar refractivity (Wildman–Crippen MR) is 106 cm³/mol. The normalized spacial score (nSPS) is 12.2. The third-order valence-corrected chi connectivity index (χ3v) is 4.72. The molecule has 0 aliphatic carbocycles. The van der Waals surface area contributed by atoms with Crippen molar-refractivity contribution in [2.24, 2.45) is 5.73 Å². The van der Waals surface area contributed by atoms with Crippen molar-refractivity contribution >= 4 is 22.7 Å². The quantitative estimate of drug-likeness (QED) is 0.534. The number of hydrogen-bond acceptors (Lipinski definition) is 3. The zero-order chi connectivity index (χ0) is 18.8. The Bertz CT molecular complexity index is 708. The maximum Gasteiger partial charge on any atom is 0.243 e. The van der Waals surface area contributed by atoms with E-state index in [2.05, 4.69) is 17.2 Å². The minimum atomic E-state index is -0.729. The molecule has 0 fully saturated rings. The van der Waals surface area contributed by atoms with Crippen LogP contribution in [-0.4, -0.2) is 22.8 Å². The van der Waals surface area contributed by atoms with Gasteiger partial charge in [0.05, 0.1) is 6.04 Å². The van der Waals surface area contributed by atoms with Gasteiger partial charge < -0.3 is 10.7 Å². The van der Waals surface area contributed by atoms with E-state index in [4.69, 9.17) is 5.73 Å². The van der Waals surface area contributed by atoms with Gasteiger partial charge in [0.25, 0.3) is 0 Å². The van der Waals surface area contributed by atoms with Crippen molar-refractivity contribution in [1.29, 1.82) is 0 Å². The minimum Gasteiger partial charge on any atom is -0.361 e. The molecule has 0 radical (unpaired) electrons. The molecule has 0 saturated heterocycles. The number of imide groups is 1. The number of aromatic amines is 1. The molecular weight excluding hydrogens is 326 g/mol. The van der Waals surface area contributed by atoms with Crippen LogP contribution in [0.25, 0.3) is 10.9 Å². The molecule has 0 aliphatic rings. The van der Waals surface area contributed by atoms with E-state index in [0.717, 1.165) is 35.7 Å². The van der Waals surface area contributed by atoms with Gasteiger partial charge in [0.15, 0.2) is 0 Å². The highest BCUT2D eigenvalue weighted by atomic mass is 16.2. The fraction of sp³-hybridized carbons (Fsp3) is 0.524. The number of carbonyl (C=O) groups excluding carboxylic acids is 2. The highest BCUT2D eigenvalue weighted by Crippen LogP contribution is 2.18. The number of fused-ring (bicyclic) bond motifs is 1. The number of H-pyrrole nitrogens is 1. The van der Waals surface area contributed by atoms with Crippen LogP contribution in [0.5, 0.6) is 0 Å². The molecule has 1 aromatic heterocycles. The largest absolute Gasteiger partial charge is 0.361 e. The lowest BCUT2D eigenvalue weighted by atomic mass is 10.0. The lowest BCUT2D eigenvalue weighted by molar-refractivity contribution is -0.131. The number of hydrogen-bond donors (Lipinski definition) is 3. The molecule has 0 spiro atoms. The molecule has 1 atom stereocenters. The molecule has 0 aliphatic heterocycles. The van der Waals surface area contributed by atoms with E-state index in [1.54, 1.807) is 0 Å². The van der Waals surface area contributed by atoms with Crippen molar-refractivity contribution in [2.45, 2.75) is 70.8 Å². The van der Waals surface area contributed by atoms with Crippen LogP contribution in [0.4, 0.5) is 0 Å². The van der Waals surface area contributed by atoms with Gasteiger partial charge in [-0.05, 0) is 24.5 Å². The van der Waals surface area contributed by atoms with Gasteiger partial charge >= 0.3 is 0 Å². The van der Waals surface area contributed by atoms with Crippen molar-refractivity contribution < 1.29 is 9.59 Å². The Morgan fingerprint density at radius 2 is 1.77 bits per heavy atom. The summed E-state index contributed by atoms with van der Waals surface area (Å²) in [6, 6.07) is 7.16. The molecule has 0 unspecified atom stereocenters. The number of carbonyl (C=O) groups is 2. The fourth-order valence-electron chi connectivity index (χ4n) is 3.17. The van der Waals surface area contributed by atoms with Gasteiger partial charge in [-0.3, -0.25) is 14.9 Å². The van der Waals surface area contributed by atoms with E-state index in [-0.39, 0.29) is 5.91 Å². The summed E-state index contributed by atoms with van der Waals surface area (Å²) in [7, 11) is 0. The average Bonchev–Trinajstić information content (AvgIpc) is 3.04. The SMILES string of the molecule is CCCCCCCCCC(=O)NC(=O)[C@@H](N)Cc1c[nH]c2ccccc12. The Morgan fingerprint density at radius 3 is 2.54 bits per heavy atom. The molecule has 2 rings (SSSR count). The number of rotatable bonds is 11. The lowest BCUT2D eigenvalue weighted by Crippen LogP contribution is -2.44. The molecule has 0 saturated carbocycles. The second-order valence-electron chi connectivity index (χ2n) is 6.95. The summed E-state index contributed by atoms with van der Waals surface area (Å²) in [5, 5.41) is 3.50. The van der Waals surface area contributed by atoms with Gasteiger partial charge in [-0.1, -0.05) is 63.6 Å². The monoisotopic (exact) mass is 357 g/mol. The molecule has 2 amide bonds. The van der Waals surface area contributed by atoms with Crippen LogP contribution in [0.1, 0.15) is 63.9 Å². The summed E-state index contributed by atoms with van der Waals surface area (Å²) in [6.07, 6.45) is 10.7. The number of nitrogens with one attached hydrogen (secondary N) is 2. The van der Waals surface area contributed by atoms with Crippen LogP contribution in [0.15, 0.2) is 30.5 Å². The van der Waals surface area contributed by atoms with Crippen molar-refractivity contribution in [3.05, 3.63) is 36.0 Å². The Hall–Kier alpha value is -2.14. The first-order chi connectivity index (χ1) is 12.6. The first kappa shape index (κ1) is 20.2. The molecule has 0 bridgehead atoms. The van der Waals surface area contributed by atoms with Gasteiger partial charge in [0.2, 0.25) is 11.8 Å². The topological polar surface area (TPSA) is 88.0 Å². The minimum absolute atomic E-state index is 0.224. The third-order valence-electron chi connectivity index (χ3n) is 4.72. The van der Waals surface area contributed by atoms with Crippen LogP contribution in [0.3, 0.4) is 0 Å². The number of benzene rings is 1. The van der Waals surface area contributed by atoms with E-state index in [9.17, 15) is 9.59 Å². The first-order valence-corrected chi connectivity index (χ1v) is 9.76. The average molecular weight is 357 g/mol. The number of amides is 2. The van der Waals surface area contributed by atoms with Gasteiger partial charge in [0.1, 0.15) is 0 Å². The molecule has 1 heterocycles. The van der Waals surface area contributed by atoms with Crippen molar-refractivity contribution in [3.8, 4) is 0 Å². The third kappa shape index (κ3) is 6.30. The van der Waals surface area contributed by atoms with Crippen molar-refractivity contribution in [3.63, 3.8) is 0 Å². The molecule has 1 aromatic carbocycles. The second-order valence-corrected chi connectivity index (χ2v) is 6.95. The van der Waals surface area contributed by atoms with Gasteiger partial charge in [0, 0.05) is 23.5 Å². The number of aromatic nitrogens is 1. The number of unbranched alkanes of at least 4 members (excludes halogenated alkanes) is 6. The zero-order valence-corrected chi connectivity index (χ0v) is 15.7. The summed E-state index contributed by atoms with van der Waals surface area (Å²) >= 11 is 0. The van der Waals surface area contributed by atoms with Crippen LogP contribution in [0.2, 0.25) is 0 Å². The molecule has 2 aromatic rings. The predicted octanol–water partition coefficient (Wildman–Crippen LogP) is 3.82. The summed E-state index contributed by atoms with van der Waals surface area (Å²) in [4.78, 5) is 27.2. The van der Waals surface area contributed by atoms with Gasteiger partial charge in [-0.25, -0.2) is 0 Å². The highest BCUT2D eigenvalue weighted by molar-refractivity contribution is 5.98. The standard InChI is InChI=1S/C21H31N3O2/c1-2-3-4-5-6-7-8-13-20(25)24-21(26)18(22)14-16-15-23-19-12-10-9-11-17(16)19/h9-12,15,18,23H,2-8,13-14,22H2,1H3,(H,24,25,26)/t18-/m0/s1. The van der Waals surface area contributed by atoms with E-state index < -0.39 is 11.9 Å². The molecular formula is C21H31N3O2. The lowest BCUT2D eigenvalue weighted by Gasteiger charge is -2.11. The molecule has 5 heteroatoms. The maximum atomic E-state index is 12.2.